The quantitative estimate of drug-likeness (QED) is 0.491. The van der Waals surface area contributed by atoms with Crippen molar-refractivity contribution in [1.82, 2.24) is 10.2 Å². The number of piperazine rings is 1. The van der Waals surface area contributed by atoms with Crippen LogP contribution in [0.15, 0.2) is 53.5 Å². The molecule has 1 aliphatic heterocycles. The lowest BCUT2D eigenvalue weighted by Crippen LogP contribution is -2.52. The zero-order chi connectivity index (χ0) is 22.2. The zero-order valence-corrected chi connectivity index (χ0v) is 18.6. The first-order valence-corrected chi connectivity index (χ1v) is 10.9. The van der Waals surface area contributed by atoms with Gasteiger partial charge in [0.2, 0.25) is 5.91 Å². The number of carbonyl (C=O) groups is 1. The second-order valence-electron chi connectivity index (χ2n) is 7.86. The summed E-state index contributed by atoms with van der Waals surface area (Å²) in [4.78, 5) is 21.0. The molecule has 0 aromatic heterocycles. The molecule has 0 bridgehead atoms. The Bertz CT molecular complexity index is 906. The van der Waals surface area contributed by atoms with Gasteiger partial charge in [0.15, 0.2) is 5.96 Å². The molecule has 1 fully saturated rings. The Morgan fingerprint density at radius 2 is 1.87 bits per heavy atom. The predicted molar refractivity (Wildman–Crippen MR) is 127 cm³/mol. The number of amides is 1. The lowest BCUT2D eigenvalue weighted by atomic mass is 10.1. The highest BCUT2D eigenvalue weighted by molar-refractivity contribution is 5.92. The minimum atomic E-state index is -0.00271. The summed E-state index contributed by atoms with van der Waals surface area (Å²) >= 11 is 0. The predicted octanol–water partition coefficient (Wildman–Crippen LogP) is 3.27. The zero-order valence-electron chi connectivity index (χ0n) is 18.6. The number of hydrogen-bond acceptors (Lipinski definition) is 4. The van der Waals surface area contributed by atoms with E-state index in [-0.39, 0.29) is 11.8 Å². The molecule has 7 heteroatoms. The van der Waals surface area contributed by atoms with Crippen molar-refractivity contribution in [1.29, 1.82) is 0 Å². The maximum atomic E-state index is 12.2. The first-order chi connectivity index (χ1) is 15.0. The number of phenols is 1. The fourth-order valence-electron chi connectivity index (χ4n) is 3.61. The van der Waals surface area contributed by atoms with Gasteiger partial charge in [-0.3, -0.25) is 9.79 Å². The van der Waals surface area contributed by atoms with E-state index in [4.69, 9.17) is 0 Å². The molecular weight excluding hydrogens is 390 g/mol. The van der Waals surface area contributed by atoms with E-state index in [9.17, 15) is 9.90 Å². The number of nitrogens with one attached hydrogen (secondary N) is 2. The van der Waals surface area contributed by atoms with Crippen LogP contribution in [0.5, 0.6) is 5.75 Å². The number of guanidine groups is 1. The SMILES string of the molecule is CCC(C)C(=O)Nc1cccc(CNC(=NC)N2CCN(c3ccccc3O)CC2)c1. The number of nitrogens with zero attached hydrogens (tertiary/aromatic N) is 3. The largest absolute Gasteiger partial charge is 0.506 e. The van der Waals surface area contributed by atoms with Crippen molar-refractivity contribution < 1.29 is 9.90 Å². The van der Waals surface area contributed by atoms with Crippen LogP contribution < -0.4 is 15.5 Å². The average molecular weight is 424 g/mol. The molecule has 1 aliphatic rings. The molecule has 1 heterocycles. The van der Waals surface area contributed by atoms with Gasteiger partial charge in [-0.2, -0.15) is 0 Å². The molecule has 1 atom stereocenters. The highest BCUT2D eigenvalue weighted by Crippen LogP contribution is 2.27. The highest BCUT2D eigenvalue weighted by atomic mass is 16.3. The van der Waals surface area contributed by atoms with Gasteiger partial charge in [0.1, 0.15) is 5.75 Å². The van der Waals surface area contributed by atoms with Gasteiger partial charge in [-0.15, -0.1) is 0 Å². The molecule has 2 aromatic rings. The summed E-state index contributed by atoms with van der Waals surface area (Å²) in [6, 6.07) is 15.4. The number of aliphatic imine (C=N–C) groups is 1. The van der Waals surface area contributed by atoms with E-state index < -0.39 is 0 Å². The molecule has 31 heavy (non-hydrogen) atoms. The van der Waals surface area contributed by atoms with Crippen LogP contribution >= 0.6 is 0 Å². The van der Waals surface area contributed by atoms with Crippen LogP contribution in [0, 0.1) is 5.92 Å². The second-order valence-corrected chi connectivity index (χ2v) is 7.86. The van der Waals surface area contributed by atoms with E-state index >= 15 is 0 Å². The highest BCUT2D eigenvalue weighted by Gasteiger charge is 2.21. The lowest BCUT2D eigenvalue weighted by Gasteiger charge is -2.37. The molecule has 1 amide bonds. The van der Waals surface area contributed by atoms with Crippen molar-refractivity contribution in [2.45, 2.75) is 26.8 Å². The number of benzene rings is 2. The van der Waals surface area contributed by atoms with E-state index in [1.54, 1.807) is 13.1 Å². The molecule has 2 aromatic carbocycles. The number of phenolic OH excluding ortho intramolecular Hbond substituents is 1. The Morgan fingerprint density at radius 1 is 1.13 bits per heavy atom. The summed E-state index contributed by atoms with van der Waals surface area (Å²) in [7, 11) is 1.79. The summed E-state index contributed by atoms with van der Waals surface area (Å²) in [5.74, 6) is 1.22. The van der Waals surface area contributed by atoms with Crippen molar-refractivity contribution >= 4 is 23.2 Å². The standard InChI is InChI=1S/C24H33N5O2/c1-4-18(2)23(31)27-20-9-7-8-19(16-20)17-26-24(25-3)29-14-12-28(13-15-29)21-10-5-6-11-22(21)30/h5-11,16,18,30H,4,12-15,17H2,1-3H3,(H,25,26)(H,27,31). The summed E-state index contributed by atoms with van der Waals surface area (Å²) < 4.78 is 0. The third-order valence-electron chi connectivity index (χ3n) is 5.72. The third kappa shape index (κ3) is 5.90. The van der Waals surface area contributed by atoms with Crippen LogP contribution in [0.1, 0.15) is 25.8 Å². The number of anilines is 2. The summed E-state index contributed by atoms with van der Waals surface area (Å²) in [5.41, 5.74) is 2.77. The van der Waals surface area contributed by atoms with Crippen molar-refractivity contribution in [2.75, 3.05) is 43.4 Å². The van der Waals surface area contributed by atoms with Crippen LogP contribution in [-0.2, 0) is 11.3 Å². The summed E-state index contributed by atoms with van der Waals surface area (Å²) in [6.45, 7) is 7.84. The van der Waals surface area contributed by atoms with Crippen molar-refractivity contribution in [2.24, 2.45) is 10.9 Å². The molecule has 7 nitrogen and oxygen atoms in total. The van der Waals surface area contributed by atoms with Gasteiger partial charge in [0, 0.05) is 51.4 Å². The lowest BCUT2D eigenvalue weighted by molar-refractivity contribution is -0.119. The van der Waals surface area contributed by atoms with Crippen LogP contribution in [0.25, 0.3) is 0 Å². The van der Waals surface area contributed by atoms with E-state index in [1.807, 2.05) is 56.3 Å². The minimum Gasteiger partial charge on any atom is -0.506 e. The van der Waals surface area contributed by atoms with E-state index in [0.29, 0.717) is 12.3 Å². The van der Waals surface area contributed by atoms with Crippen LogP contribution in [0.2, 0.25) is 0 Å². The average Bonchev–Trinajstić information content (AvgIpc) is 2.80. The fourth-order valence-corrected chi connectivity index (χ4v) is 3.61. The van der Waals surface area contributed by atoms with Gasteiger partial charge >= 0.3 is 0 Å². The molecule has 3 rings (SSSR count). The van der Waals surface area contributed by atoms with Crippen molar-refractivity contribution in [3.63, 3.8) is 0 Å². The topological polar surface area (TPSA) is 80.2 Å². The fraction of sp³-hybridized carbons (Fsp3) is 0.417. The van der Waals surface area contributed by atoms with E-state index in [2.05, 4.69) is 25.4 Å². The monoisotopic (exact) mass is 423 g/mol. The van der Waals surface area contributed by atoms with Gasteiger partial charge in [0.25, 0.3) is 0 Å². The van der Waals surface area contributed by atoms with Gasteiger partial charge in [-0.25, -0.2) is 0 Å². The first-order valence-electron chi connectivity index (χ1n) is 10.9. The Balaban J connectivity index is 1.54. The molecule has 3 N–H and O–H groups in total. The van der Waals surface area contributed by atoms with Crippen molar-refractivity contribution in [3.05, 3.63) is 54.1 Å². The minimum absolute atomic E-state index is 0.00271. The molecule has 166 valence electrons. The van der Waals surface area contributed by atoms with Crippen LogP contribution in [-0.4, -0.2) is 55.1 Å². The molecule has 0 radical (unpaired) electrons. The first kappa shape index (κ1) is 22.5. The smallest absolute Gasteiger partial charge is 0.227 e. The molecule has 0 aliphatic carbocycles. The molecule has 1 saturated heterocycles. The van der Waals surface area contributed by atoms with Gasteiger partial charge < -0.3 is 25.5 Å². The maximum Gasteiger partial charge on any atom is 0.227 e. The van der Waals surface area contributed by atoms with Gasteiger partial charge in [-0.1, -0.05) is 38.1 Å². The number of carbonyl (C=O) groups excluding carboxylic acids is 1. The van der Waals surface area contributed by atoms with Gasteiger partial charge in [-0.05, 0) is 36.2 Å². The molecule has 0 spiro atoms. The van der Waals surface area contributed by atoms with Crippen molar-refractivity contribution in [3.8, 4) is 5.75 Å². The van der Waals surface area contributed by atoms with E-state index in [0.717, 1.165) is 55.5 Å². The second kappa shape index (κ2) is 10.7. The summed E-state index contributed by atoms with van der Waals surface area (Å²) in [6.07, 6.45) is 0.820. The molecule has 0 saturated carbocycles. The normalized spacial score (nSPS) is 15.5. The molecule has 1 unspecified atom stereocenters. The number of hydrogen-bond donors (Lipinski definition) is 3. The van der Waals surface area contributed by atoms with Crippen LogP contribution in [0.4, 0.5) is 11.4 Å². The third-order valence-corrected chi connectivity index (χ3v) is 5.72. The Kier molecular flexibility index (Phi) is 7.76. The Labute approximate surface area is 184 Å². The Hall–Kier alpha value is -3.22. The number of para-hydroxylation sites is 2. The number of rotatable bonds is 6. The van der Waals surface area contributed by atoms with Gasteiger partial charge in [0.05, 0.1) is 5.69 Å². The maximum absolute atomic E-state index is 12.2. The molecular formula is C24H33N5O2. The summed E-state index contributed by atoms with van der Waals surface area (Å²) in [5, 5.41) is 16.5. The Morgan fingerprint density at radius 3 is 2.55 bits per heavy atom. The number of aromatic hydroxyl groups is 1. The van der Waals surface area contributed by atoms with E-state index in [1.165, 1.54) is 0 Å². The van der Waals surface area contributed by atoms with Crippen LogP contribution in [0.3, 0.4) is 0 Å².